The molecule has 0 saturated carbocycles. The van der Waals surface area contributed by atoms with E-state index in [4.69, 9.17) is 10.00 Å². The van der Waals surface area contributed by atoms with Gasteiger partial charge in [-0.2, -0.15) is 5.26 Å². The molecule has 1 aromatic carbocycles. The van der Waals surface area contributed by atoms with E-state index in [1.807, 2.05) is 0 Å². The third kappa shape index (κ3) is 2.99. The second-order valence-corrected chi connectivity index (χ2v) is 3.82. The summed E-state index contributed by atoms with van der Waals surface area (Å²) in [5, 5.41) is 12.0. The van der Waals surface area contributed by atoms with Crippen LogP contribution in [0.25, 0.3) is 0 Å². The summed E-state index contributed by atoms with van der Waals surface area (Å²) in [7, 11) is 1.52. The van der Waals surface area contributed by atoms with Gasteiger partial charge in [0, 0.05) is 17.8 Å². The molecule has 19 heavy (non-hydrogen) atoms. The van der Waals surface area contributed by atoms with Gasteiger partial charge in [0.2, 0.25) is 5.88 Å². The van der Waals surface area contributed by atoms with E-state index in [0.717, 1.165) is 0 Å². The molecule has 1 unspecified atom stereocenters. The summed E-state index contributed by atoms with van der Waals surface area (Å²) in [6.45, 7) is 0. The molecule has 0 amide bonds. The summed E-state index contributed by atoms with van der Waals surface area (Å²) in [6.07, 6.45) is 1.53. The van der Waals surface area contributed by atoms with Gasteiger partial charge < -0.3 is 10.1 Å². The Morgan fingerprint density at radius 2 is 2.11 bits per heavy atom. The highest BCUT2D eigenvalue weighted by molar-refractivity contribution is 5.48. The molecule has 1 N–H and O–H groups in total. The Morgan fingerprint density at radius 3 is 2.68 bits per heavy atom. The highest BCUT2D eigenvalue weighted by Gasteiger charge is 2.12. The third-order valence-corrected chi connectivity index (χ3v) is 2.60. The molecular weight excluding hydrogens is 245 g/mol. The number of pyridine rings is 1. The predicted octanol–water partition coefficient (Wildman–Crippen LogP) is 2.91. The topological polar surface area (TPSA) is 57.9 Å². The molecule has 0 spiro atoms. The second-order valence-electron chi connectivity index (χ2n) is 3.82. The first-order valence-electron chi connectivity index (χ1n) is 5.65. The lowest BCUT2D eigenvalue weighted by atomic mass is 10.1. The largest absolute Gasteiger partial charge is 0.481 e. The van der Waals surface area contributed by atoms with Crippen LogP contribution in [0.3, 0.4) is 0 Å². The molecule has 1 aromatic heterocycles. The summed E-state index contributed by atoms with van der Waals surface area (Å²) in [5.74, 6) is 0.0653. The summed E-state index contributed by atoms with van der Waals surface area (Å²) >= 11 is 0. The molecular formula is C14H12FN3O. The molecule has 2 aromatic rings. The Kier molecular flexibility index (Phi) is 3.94. The second kappa shape index (κ2) is 5.83. The van der Waals surface area contributed by atoms with Crippen LogP contribution in [0, 0.1) is 17.1 Å². The van der Waals surface area contributed by atoms with Gasteiger partial charge in [0.1, 0.15) is 11.9 Å². The third-order valence-electron chi connectivity index (χ3n) is 2.60. The molecule has 0 bridgehead atoms. The fourth-order valence-electron chi connectivity index (χ4n) is 1.61. The van der Waals surface area contributed by atoms with Crippen molar-refractivity contribution < 1.29 is 9.13 Å². The number of methoxy groups -OCH3 is 1. The quantitative estimate of drug-likeness (QED) is 0.914. The van der Waals surface area contributed by atoms with Crippen LogP contribution in [-0.2, 0) is 0 Å². The number of halogens is 1. The Balaban J connectivity index is 2.21. The van der Waals surface area contributed by atoms with Crippen LogP contribution in [0.15, 0.2) is 42.6 Å². The molecule has 0 aliphatic heterocycles. The van der Waals surface area contributed by atoms with Crippen molar-refractivity contribution in [3.05, 3.63) is 54.0 Å². The van der Waals surface area contributed by atoms with Gasteiger partial charge in [-0.1, -0.05) is 12.1 Å². The van der Waals surface area contributed by atoms with Crippen molar-refractivity contribution in [2.45, 2.75) is 6.04 Å². The lowest BCUT2D eigenvalue weighted by molar-refractivity contribution is 0.397. The normalized spacial score (nSPS) is 11.4. The number of ether oxygens (including phenoxy) is 1. The minimum absolute atomic E-state index is 0.282. The van der Waals surface area contributed by atoms with Crippen LogP contribution < -0.4 is 10.1 Å². The van der Waals surface area contributed by atoms with Gasteiger partial charge >= 0.3 is 0 Å². The van der Waals surface area contributed by atoms with Gasteiger partial charge in [-0.15, -0.1) is 0 Å². The van der Waals surface area contributed by atoms with Gasteiger partial charge in [-0.05, 0) is 18.2 Å². The zero-order valence-electron chi connectivity index (χ0n) is 10.3. The average molecular weight is 257 g/mol. The van der Waals surface area contributed by atoms with E-state index in [0.29, 0.717) is 11.4 Å². The van der Waals surface area contributed by atoms with E-state index < -0.39 is 11.9 Å². The van der Waals surface area contributed by atoms with Crippen LogP contribution in [0.2, 0.25) is 0 Å². The maximum Gasteiger partial charge on any atom is 0.212 e. The van der Waals surface area contributed by atoms with Gasteiger partial charge in [0.05, 0.1) is 18.9 Å². The Hall–Kier alpha value is -2.61. The standard InChI is InChI=1S/C14H12FN3O/c1-19-14-7-6-10(9-17-14)13(8-16)18-12-5-3-2-4-11(12)15/h2-7,9,13,18H,1H3. The van der Waals surface area contributed by atoms with Gasteiger partial charge in [0.15, 0.2) is 0 Å². The monoisotopic (exact) mass is 257 g/mol. The van der Waals surface area contributed by atoms with Crippen LogP contribution in [0.4, 0.5) is 10.1 Å². The number of anilines is 1. The first-order chi connectivity index (χ1) is 9.24. The molecule has 2 rings (SSSR count). The zero-order chi connectivity index (χ0) is 13.7. The van der Waals surface area contributed by atoms with E-state index >= 15 is 0 Å². The first kappa shape index (κ1) is 12.8. The molecule has 0 aliphatic rings. The fraction of sp³-hybridized carbons (Fsp3) is 0.143. The average Bonchev–Trinajstić information content (AvgIpc) is 2.47. The lowest BCUT2D eigenvalue weighted by Crippen LogP contribution is -2.10. The number of nitrogens with zero attached hydrogens (tertiary/aromatic N) is 2. The summed E-state index contributed by atoms with van der Waals surface area (Å²) in [6, 6.07) is 11.0. The minimum atomic E-state index is -0.671. The minimum Gasteiger partial charge on any atom is -0.481 e. The van der Waals surface area contributed by atoms with Crippen molar-refractivity contribution in [1.29, 1.82) is 5.26 Å². The molecule has 0 aliphatic carbocycles. The van der Waals surface area contributed by atoms with Crippen molar-refractivity contribution in [1.82, 2.24) is 4.98 Å². The Labute approximate surface area is 110 Å². The maximum absolute atomic E-state index is 13.5. The number of para-hydroxylation sites is 1. The van der Waals surface area contributed by atoms with Crippen molar-refractivity contribution >= 4 is 5.69 Å². The molecule has 1 heterocycles. The predicted molar refractivity (Wildman–Crippen MR) is 69.2 cm³/mol. The number of nitrogens with one attached hydrogen (secondary N) is 1. The van der Waals surface area contributed by atoms with Crippen molar-refractivity contribution in [2.75, 3.05) is 12.4 Å². The highest BCUT2D eigenvalue weighted by Crippen LogP contribution is 2.21. The van der Waals surface area contributed by atoms with Crippen molar-refractivity contribution in [2.24, 2.45) is 0 Å². The highest BCUT2D eigenvalue weighted by atomic mass is 19.1. The molecule has 96 valence electrons. The van der Waals surface area contributed by atoms with Crippen LogP contribution in [-0.4, -0.2) is 12.1 Å². The number of benzene rings is 1. The summed E-state index contributed by atoms with van der Waals surface area (Å²) < 4.78 is 18.5. The Morgan fingerprint density at radius 1 is 1.32 bits per heavy atom. The molecule has 0 radical (unpaired) electrons. The molecule has 1 atom stereocenters. The van der Waals surface area contributed by atoms with Gasteiger partial charge in [-0.25, -0.2) is 9.37 Å². The van der Waals surface area contributed by atoms with E-state index in [1.165, 1.54) is 19.4 Å². The summed E-state index contributed by atoms with van der Waals surface area (Å²) in [5.41, 5.74) is 0.927. The number of nitriles is 1. The van der Waals surface area contributed by atoms with Crippen molar-refractivity contribution in [3.8, 4) is 11.9 Å². The molecule has 0 fully saturated rings. The van der Waals surface area contributed by atoms with E-state index in [1.54, 1.807) is 30.3 Å². The van der Waals surface area contributed by atoms with Crippen LogP contribution in [0.1, 0.15) is 11.6 Å². The molecule has 0 saturated heterocycles. The SMILES string of the molecule is COc1ccc(C(C#N)Nc2ccccc2F)cn1. The van der Waals surface area contributed by atoms with E-state index in [2.05, 4.69) is 16.4 Å². The summed E-state index contributed by atoms with van der Waals surface area (Å²) in [4.78, 5) is 4.02. The smallest absolute Gasteiger partial charge is 0.212 e. The molecule has 4 nitrogen and oxygen atoms in total. The zero-order valence-corrected chi connectivity index (χ0v) is 10.3. The number of aromatic nitrogens is 1. The van der Waals surface area contributed by atoms with Crippen LogP contribution in [0.5, 0.6) is 5.88 Å². The van der Waals surface area contributed by atoms with Crippen LogP contribution >= 0.6 is 0 Å². The fourth-order valence-corrected chi connectivity index (χ4v) is 1.61. The van der Waals surface area contributed by atoms with E-state index in [-0.39, 0.29) is 5.69 Å². The maximum atomic E-state index is 13.5. The lowest BCUT2D eigenvalue weighted by Gasteiger charge is -2.13. The number of rotatable bonds is 4. The van der Waals surface area contributed by atoms with Gasteiger partial charge in [-0.3, -0.25) is 0 Å². The van der Waals surface area contributed by atoms with E-state index in [9.17, 15) is 4.39 Å². The van der Waals surface area contributed by atoms with Crippen molar-refractivity contribution in [3.63, 3.8) is 0 Å². The first-order valence-corrected chi connectivity index (χ1v) is 5.65. The number of hydrogen-bond donors (Lipinski definition) is 1. The van der Waals surface area contributed by atoms with Gasteiger partial charge in [0.25, 0.3) is 0 Å². The number of hydrogen-bond acceptors (Lipinski definition) is 4. The Bertz CT molecular complexity index is 592. The molecule has 5 heteroatoms.